The second kappa shape index (κ2) is 10.6. The number of nitrogens with zero attached hydrogens (tertiary/aromatic N) is 1. The fourth-order valence-corrected chi connectivity index (χ4v) is 3.23. The lowest BCUT2D eigenvalue weighted by Gasteiger charge is -2.12. The summed E-state index contributed by atoms with van der Waals surface area (Å²) in [4.78, 5) is 12.5. The molecule has 28 heavy (non-hydrogen) atoms. The molecule has 0 aliphatic rings. The maximum absolute atomic E-state index is 12.5. The minimum absolute atomic E-state index is 0.0242. The second-order valence-corrected chi connectivity index (χ2v) is 6.71. The second-order valence-electron chi connectivity index (χ2n) is 5.55. The van der Waals surface area contributed by atoms with Gasteiger partial charge in [-0.25, -0.2) is 0 Å². The summed E-state index contributed by atoms with van der Waals surface area (Å²) in [5.41, 5.74) is 1.19. The van der Waals surface area contributed by atoms with Crippen molar-refractivity contribution in [2.45, 2.75) is 13.8 Å². The molecule has 0 spiro atoms. The highest BCUT2D eigenvalue weighted by atomic mass is 127. The number of hydrogen-bond donors (Lipinski definition) is 1. The van der Waals surface area contributed by atoms with E-state index in [9.17, 15) is 10.1 Å². The lowest BCUT2D eigenvalue weighted by molar-refractivity contribution is -0.112. The lowest BCUT2D eigenvalue weighted by Crippen LogP contribution is -2.13. The van der Waals surface area contributed by atoms with E-state index in [1.54, 1.807) is 37.4 Å². The Balaban J connectivity index is 2.28. The van der Waals surface area contributed by atoms with Gasteiger partial charge in [-0.1, -0.05) is 6.07 Å². The molecule has 0 saturated heterocycles. The van der Waals surface area contributed by atoms with E-state index in [0.717, 1.165) is 3.57 Å². The fourth-order valence-electron chi connectivity index (χ4n) is 2.45. The molecule has 0 radical (unpaired) electrons. The highest BCUT2D eigenvalue weighted by Crippen LogP contribution is 2.34. The number of ether oxygens (including phenoxy) is 3. The molecule has 0 heterocycles. The number of carbonyl (C=O) groups excluding carboxylic acids is 1. The summed E-state index contributed by atoms with van der Waals surface area (Å²) in [5, 5.41) is 12.2. The van der Waals surface area contributed by atoms with Crippen molar-refractivity contribution in [3.63, 3.8) is 0 Å². The van der Waals surface area contributed by atoms with Crippen molar-refractivity contribution >= 4 is 40.3 Å². The fraction of sp³-hybridized carbons (Fsp3) is 0.238. The molecule has 0 atom stereocenters. The van der Waals surface area contributed by atoms with Gasteiger partial charge in [0.15, 0.2) is 11.5 Å². The number of halogens is 1. The van der Waals surface area contributed by atoms with Crippen LogP contribution in [0.15, 0.2) is 42.0 Å². The Kier molecular flexibility index (Phi) is 8.14. The van der Waals surface area contributed by atoms with Crippen LogP contribution in [0, 0.1) is 14.9 Å². The Morgan fingerprint density at radius 1 is 1.21 bits per heavy atom. The number of rotatable bonds is 8. The molecule has 0 fully saturated rings. The topological polar surface area (TPSA) is 80.6 Å². The van der Waals surface area contributed by atoms with Crippen LogP contribution in [0.3, 0.4) is 0 Å². The first-order valence-corrected chi connectivity index (χ1v) is 9.76. The Bertz CT molecular complexity index is 919. The highest BCUT2D eigenvalue weighted by Gasteiger charge is 2.14. The molecule has 7 heteroatoms. The Hall–Kier alpha value is -2.73. The largest absolute Gasteiger partial charge is 0.494 e. The van der Waals surface area contributed by atoms with E-state index in [1.165, 1.54) is 6.08 Å². The van der Waals surface area contributed by atoms with Crippen LogP contribution in [0.2, 0.25) is 0 Å². The quantitative estimate of drug-likeness (QED) is 0.330. The van der Waals surface area contributed by atoms with Crippen molar-refractivity contribution in [1.29, 1.82) is 5.26 Å². The van der Waals surface area contributed by atoms with Gasteiger partial charge < -0.3 is 19.5 Å². The normalized spacial score (nSPS) is 10.8. The molecule has 0 aliphatic carbocycles. The van der Waals surface area contributed by atoms with E-state index in [2.05, 4.69) is 27.9 Å². The first-order chi connectivity index (χ1) is 13.5. The van der Waals surface area contributed by atoms with Gasteiger partial charge in [0.1, 0.15) is 17.4 Å². The number of nitriles is 1. The van der Waals surface area contributed by atoms with E-state index >= 15 is 0 Å². The Morgan fingerprint density at radius 3 is 2.61 bits per heavy atom. The summed E-state index contributed by atoms with van der Waals surface area (Å²) >= 11 is 2.13. The summed E-state index contributed by atoms with van der Waals surface area (Å²) < 4.78 is 17.2. The van der Waals surface area contributed by atoms with Crippen LogP contribution >= 0.6 is 22.6 Å². The van der Waals surface area contributed by atoms with Crippen LogP contribution in [0.1, 0.15) is 19.4 Å². The third-order valence-electron chi connectivity index (χ3n) is 3.62. The molecule has 0 bridgehead atoms. The zero-order valence-electron chi connectivity index (χ0n) is 15.9. The molecule has 2 aromatic rings. The van der Waals surface area contributed by atoms with Gasteiger partial charge >= 0.3 is 0 Å². The van der Waals surface area contributed by atoms with Gasteiger partial charge in [-0.05, 0) is 72.3 Å². The smallest absolute Gasteiger partial charge is 0.266 e. The molecular weight excluding hydrogens is 471 g/mol. The molecule has 0 saturated carbocycles. The van der Waals surface area contributed by atoms with Crippen LogP contribution in [-0.2, 0) is 4.79 Å². The molecule has 1 amide bonds. The van der Waals surface area contributed by atoms with Gasteiger partial charge in [0.2, 0.25) is 0 Å². The van der Waals surface area contributed by atoms with Gasteiger partial charge in [-0.3, -0.25) is 4.79 Å². The van der Waals surface area contributed by atoms with E-state index in [-0.39, 0.29) is 5.57 Å². The standard InChI is InChI=1S/C21H21IN2O4/c1-4-27-17-8-6-7-16(12-17)24-21(25)15(13-23)9-14-10-18(22)20(28-5-2)19(11-14)26-3/h6-12H,4-5H2,1-3H3,(H,24,25)/b15-9+. The summed E-state index contributed by atoms with van der Waals surface area (Å²) in [6, 6.07) is 12.5. The van der Waals surface area contributed by atoms with E-state index in [0.29, 0.717) is 41.7 Å². The third kappa shape index (κ3) is 5.63. The van der Waals surface area contributed by atoms with Gasteiger partial charge in [0, 0.05) is 11.8 Å². The van der Waals surface area contributed by atoms with E-state index in [4.69, 9.17) is 14.2 Å². The molecule has 1 N–H and O–H groups in total. The van der Waals surface area contributed by atoms with Crippen LogP contribution in [0.4, 0.5) is 5.69 Å². The summed E-state index contributed by atoms with van der Waals surface area (Å²) in [6.07, 6.45) is 1.52. The van der Waals surface area contributed by atoms with Crippen molar-refractivity contribution in [3.8, 4) is 23.3 Å². The van der Waals surface area contributed by atoms with Gasteiger partial charge in [-0.15, -0.1) is 0 Å². The predicted molar refractivity (Wildman–Crippen MR) is 117 cm³/mol. The van der Waals surface area contributed by atoms with Gasteiger partial charge in [-0.2, -0.15) is 5.26 Å². The zero-order chi connectivity index (χ0) is 20.5. The molecule has 0 unspecified atom stereocenters. The van der Waals surface area contributed by atoms with Crippen molar-refractivity contribution in [2.75, 3.05) is 25.6 Å². The number of nitrogens with one attached hydrogen (secondary N) is 1. The Morgan fingerprint density at radius 2 is 1.96 bits per heavy atom. The van der Waals surface area contributed by atoms with Crippen LogP contribution < -0.4 is 19.5 Å². The lowest BCUT2D eigenvalue weighted by atomic mass is 10.1. The number of benzene rings is 2. The number of amides is 1. The maximum atomic E-state index is 12.5. The summed E-state index contributed by atoms with van der Waals surface area (Å²) in [6.45, 7) is 4.81. The molecule has 0 aliphatic heterocycles. The van der Waals surface area contributed by atoms with Crippen LogP contribution in [-0.4, -0.2) is 26.2 Å². The van der Waals surface area contributed by atoms with Crippen molar-refractivity contribution < 1.29 is 19.0 Å². The molecular formula is C21H21IN2O4. The number of hydrogen-bond acceptors (Lipinski definition) is 5. The van der Waals surface area contributed by atoms with Crippen molar-refractivity contribution in [3.05, 3.63) is 51.1 Å². The van der Waals surface area contributed by atoms with Gasteiger partial charge in [0.25, 0.3) is 5.91 Å². The van der Waals surface area contributed by atoms with Gasteiger partial charge in [0.05, 0.1) is 23.9 Å². The maximum Gasteiger partial charge on any atom is 0.266 e. The van der Waals surface area contributed by atoms with Crippen molar-refractivity contribution in [1.82, 2.24) is 0 Å². The molecule has 6 nitrogen and oxygen atoms in total. The summed E-state index contributed by atoms with van der Waals surface area (Å²) in [7, 11) is 1.55. The minimum Gasteiger partial charge on any atom is -0.494 e. The van der Waals surface area contributed by atoms with Crippen molar-refractivity contribution in [2.24, 2.45) is 0 Å². The van der Waals surface area contributed by atoms with E-state index in [1.807, 2.05) is 26.0 Å². The Labute approximate surface area is 178 Å². The minimum atomic E-state index is -0.501. The van der Waals surface area contributed by atoms with E-state index < -0.39 is 5.91 Å². The zero-order valence-corrected chi connectivity index (χ0v) is 18.1. The summed E-state index contributed by atoms with van der Waals surface area (Å²) in [5.74, 6) is 1.33. The number of methoxy groups -OCH3 is 1. The first kappa shape index (κ1) is 21.6. The van der Waals surface area contributed by atoms with Crippen LogP contribution in [0.5, 0.6) is 17.2 Å². The average molecular weight is 492 g/mol. The SMILES string of the molecule is CCOc1cccc(NC(=O)/C(C#N)=C/c2cc(I)c(OCC)c(OC)c2)c1. The average Bonchev–Trinajstić information content (AvgIpc) is 2.68. The molecule has 2 aromatic carbocycles. The molecule has 2 rings (SSSR count). The number of carbonyl (C=O) groups is 1. The predicted octanol–water partition coefficient (Wildman–Crippen LogP) is 4.64. The molecule has 0 aromatic heterocycles. The number of anilines is 1. The third-order valence-corrected chi connectivity index (χ3v) is 4.42. The van der Waals surface area contributed by atoms with Crippen LogP contribution in [0.25, 0.3) is 6.08 Å². The highest BCUT2D eigenvalue weighted by molar-refractivity contribution is 14.1. The first-order valence-electron chi connectivity index (χ1n) is 8.68. The monoisotopic (exact) mass is 492 g/mol. The molecule has 146 valence electrons.